The molecule has 0 aliphatic carbocycles. The largest absolute Gasteiger partial charge is 0 e. The molecule has 0 aliphatic rings. The first-order valence-electron chi connectivity index (χ1n) is 0.494. The van der Waals surface area contributed by atoms with Gasteiger partial charge in [0.25, 0.3) is 0 Å². The van der Waals surface area contributed by atoms with Gasteiger partial charge >= 0.3 is 53.2 Å². The molecule has 3 radical (unpaired) electrons. The van der Waals surface area contributed by atoms with E-state index in [1.54, 1.807) is 0 Å². The summed E-state index contributed by atoms with van der Waals surface area (Å²) in [5.74, 6) is 0. The summed E-state index contributed by atoms with van der Waals surface area (Å²) in [4.78, 5) is 0. The first-order valence-corrected chi connectivity index (χ1v) is 2.57. The molecule has 0 fully saturated rings. The zero-order valence-electron chi connectivity index (χ0n) is 4.72. The summed E-state index contributed by atoms with van der Waals surface area (Å²) in [5.41, 5.74) is 0. The van der Waals surface area contributed by atoms with E-state index in [0.29, 0.717) is 0 Å². The van der Waals surface area contributed by atoms with Crippen molar-refractivity contribution in [3.8, 4) is 0 Å². The van der Waals surface area contributed by atoms with Crippen LogP contribution >= 0.6 is 0 Å². The Morgan fingerprint density at radius 3 is 1.67 bits per heavy atom. The van der Waals surface area contributed by atoms with Crippen molar-refractivity contribution in [2.75, 3.05) is 0 Å². The summed E-state index contributed by atoms with van der Waals surface area (Å²) in [6.45, 7) is 0. The van der Waals surface area contributed by atoms with Gasteiger partial charge in [-0.3, -0.25) is 0 Å². The summed E-state index contributed by atoms with van der Waals surface area (Å²) in [5, 5.41) is 0. The minimum Gasteiger partial charge on any atom is 0 e. The number of rotatable bonds is 0. The Morgan fingerprint density at radius 2 is 1.67 bits per heavy atom. The summed E-state index contributed by atoms with van der Waals surface area (Å²) in [6.07, 6.45) is 0. The third-order valence-corrected chi connectivity index (χ3v) is 0. The van der Waals surface area contributed by atoms with Crippen molar-refractivity contribution in [2.45, 2.75) is 0 Å². The quantitative estimate of drug-likeness (QED) is 0.406. The second-order valence-corrected chi connectivity index (χ2v) is 0.548. The standard InChI is InChI=1S/B.GeH2O2.Na.Zn.H/c;2-1-3;;;/h;1-2H;;;/q;;+1;;-1. The van der Waals surface area contributed by atoms with Crippen molar-refractivity contribution in [3.63, 3.8) is 0 Å². The van der Waals surface area contributed by atoms with Gasteiger partial charge in [-0.2, -0.15) is 0 Å². The van der Waals surface area contributed by atoms with E-state index in [0.717, 1.165) is 0 Å². The van der Waals surface area contributed by atoms with Crippen LogP contribution in [0, 0.1) is 0 Å². The first kappa shape index (κ1) is 24.9. The van der Waals surface area contributed by atoms with Crippen LogP contribution in [-0.4, -0.2) is 28.3 Å². The molecule has 0 amide bonds. The molecule has 2 nitrogen and oxygen atoms in total. The van der Waals surface area contributed by atoms with Gasteiger partial charge in [0, 0.05) is 27.9 Å². The van der Waals surface area contributed by atoms with Crippen molar-refractivity contribution in [1.82, 2.24) is 0 Å². The number of hydrogen-bond donors (Lipinski definition) is 1. The molecule has 6 heavy (non-hydrogen) atoms. The summed E-state index contributed by atoms with van der Waals surface area (Å²) < 4.78 is 15.8. The van der Waals surface area contributed by atoms with E-state index in [4.69, 9.17) is 7.91 Å². The van der Waals surface area contributed by atoms with Gasteiger partial charge < -0.3 is 1.43 Å². The molecule has 6 heteroatoms. The molecule has 0 saturated heterocycles. The van der Waals surface area contributed by atoms with Gasteiger partial charge in [-0.05, 0) is 0 Å². The fourth-order valence-electron chi connectivity index (χ4n) is 0. The fraction of sp³-hybridized carbons (Fsp3) is 0. The summed E-state index contributed by atoms with van der Waals surface area (Å²) >= 11 is -1.94. The molecule has 0 aromatic rings. The first-order chi connectivity index (χ1) is 1.41. The fourth-order valence-corrected chi connectivity index (χ4v) is 0. The normalized spacial score (nSPS) is 2.00. The SMILES string of the molecule is [B].[H-].[Na+].[O]=[GeH][OH].[Zn]. The average molecular weight is 207 g/mol. The third-order valence-electron chi connectivity index (χ3n) is 0. The molecule has 0 heterocycles. The van der Waals surface area contributed by atoms with Gasteiger partial charge in [-0.25, -0.2) is 0 Å². The van der Waals surface area contributed by atoms with Crippen LogP contribution in [0.1, 0.15) is 1.43 Å². The Kier molecular flexibility index (Phi) is 120. The van der Waals surface area contributed by atoms with Crippen molar-refractivity contribution >= 4 is 24.1 Å². The van der Waals surface area contributed by atoms with Crippen LogP contribution in [-0.2, 0) is 23.3 Å². The minimum absolute atomic E-state index is 0. The maximum atomic E-state index is 8.64. The monoisotopic (exact) mass is 207 g/mol. The third kappa shape index (κ3) is 40.6. The van der Waals surface area contributed by atoms with Gasteiger partial charge in [0.2, 0.25) is 0 Å². The van der Waals surface area contributed by atoms with Crippen LogP contribution in [0.25, 0.3) is 0 Å². The van der Waals surface area contributed by atoms with Crippen molar-refractivity contribution < 1.29 is 58.4 Å². The van der Waals surface area contributed by atoms with Gasteiger partial charge in [-0.15, -0.1) is 0 Å². The van der Waals surface area contributed by atoms with Crippen molar-refractivity contribution in [3.05, 3.63) is 0 Å². The molecule has 25 valence electrons. The Balaban J connectivity index is -0.00000000333. The average Bonchev–Trinajstić information content (AvgIpc) is 0.918. The smallest absolute Gasteiger partial charge is 0 e. The Hall–Kier alpha value is 1.83. The molecule has 0 bridgehead atoms. The molecule has 0 aromatic heterocycles. The van der Waals surface area contributed by atoms with Crippen molar-refractivity contribution in [1.29, 1.82) is 0 Å². The predicted molar refractivity (Wildman–Crippen MR) is 16.9 cm³/mol. The van der Waals surface area contributed by atoms with E-state index in [-0.39, 0.29) is 58.9 Å². The van der Waals surface area contributed by atoms with E-state index in [2.05, 4.69) is 0 Å². The van der Waals surface area contributed by atoms with Gasteiger partial charge in [0.05, 0.1) is 0 Å². The maximum Gasteiger partial charge on any atom is 0 e. The van der Waals surface area contributed by atoms with Gasteiger partial charge in [-0.1, -0.05) is 0 Å². The van der Waals surface area contributed by atoms with E-state index in [1.807, 2.05) is 0 Å². The molecular formula is H3BGeNaO2Zn. The molecule has 0 atom stereocenters. The molecular weight excluding hydrogens is 204 g/mol. The Bertz CT molecular complexity index is 25.2. The molecule has 0 spiro atoms. The van der Waals surface area contributed by atoms with Gasteiger partial charge in [0.1, 0.15) is 0 Å². The molecule has 0 unspecified atom stereocenters. The second-order valence-electron chi connectivity index (χ2n) is 0.105. The number of hydrogen-bond acceptors (Lipinski definition) is 1. The predicted octanol–water partition coefficient (Wildman–Crippen LogP) is -4.59. The maximum absolute atomic E-state index is 8.64. The Labute approximate surface area is 81.6 Å². The van der Waals surface area contributed by atoms with Crippen LogP contribution < -0.4 is 29.6 Å². The summed E-state index contributed by atoms with van der Waals surface area (Å²) in [6, 6.07) is 0. The second kappa shape index (κ2) is 29.0. The molecule has 0 saturated carbocycles. The van der Waals surface area contributed by atoms with Crippen LogP contribution in [0.15, 0.2) is 0 Å². The van der Waals surface area contributed by atoms with Crippen molar-refractivity contribution in [2.24, 2.45) is 0 Å². The van der Waals surface area contributed by atoms with E-state index in [1.165, 1.54) is 0 Å². The molecule has 0 rings (SSSR count). The van der Waals surface area contributed by atoms with E-state index < -0.39 is 15.7 Å². The van der Waals surface area contributed by atoms with Crippen LogP contribution in [0.5, 0.6) is 0 Å². The van der Waals surface area contributed by atoms with Crippen LogP contribution in [0.3, 0.4) is 0 Å². The van der Waals surface area contributed by atoms with Gasteiger partial charge in [0.15, 0.2) is 0 Å². The topological polar surface area (TPSA) is 37.3 Å². The molecule has 0 aromatic carbocycles. The van der Waals surface area contributed by atoms with Crippen LogP contribution in [0.4, 0.5) is 0 Å². The summed E-state index contributed by atoms with van der Waals surface area (Å²) in [7, 11) is 0. The van der Waals surface area contributed by atoms with Crippen LogP contribution in [0.2, 0.25) is 0 Å². The van der Waals surface area contributed by atoms with E-state index in [9.17, 15) is 0 Å². The Morgan fingerprint density at radius 1 is 1.67 bits per heavy atom. The zero-order chi connectivity index (χ0) is 2.71. The molecule has 0 aliphatic heterocycles. The minimum atomic E-state index is -1.94. The van der Waals surface area contributed by atoms with E-state index >= 15 is 0 Å². The zero-order valence-corrected chi connectivity index (χ0v) is 11.1. The molecule has 1 N–H and O–H groups in total.